The molecule has 2 nitrogen and oxygen atoms in total. The lowest BCUT2D eigenvalue weighted by atomic mass is 9.40. The first-order valence-corrected chi connectivity index (χ1v) is 10.4. The number of carbonyl (C=O) groups is 1. The van der Waals surface area contributed by atoms with Crippen LogP contribution in [0, 0.1) is 39.9 Å². The number of rotatable bonds is 1. The molecule has 0 aromatic heterocycles. The first-order chi connectivity index (χ1) is 11.2. The summed E-state index contributed by atoms with van der Waals surface area (Å²) in [6.45, 7) is 9.23. The number of hydrogen-bond donors (Lipinski definition) is 1. The Morgan fingerprint density at radius 1 is 0.917 bits per heavy atom. The summed E-state index contributed by atoms with van der Waals surface area (Å²) in [4.78, 5) is 12.0. The minimum atomic E-state index is -0.0713. The van der Waals surface area contributed by atoms with E-state index < -0.39 is 0 Å². The molecule has 4 aliphatic rings. The summed E-state index contributed by atoms with van der Waals surface area (Å²) in [5, 5.41) is 10.6. The molecule has 4 fully saturated rings. The third kappa shape index (κ3) is 2.07. The molecule has 4 rings (SSSR count). The predicted molar refractivity (Wildman–Crippen MR) is 96.5 cm³/mol. The molecule has 0 heterocycles. The van der Waals surface area contributed by atoms with Crippen LogP contribution in [-0.4, -0.2) is 17.0 Å². The van der Waals surface area contributed by atoms with E-state index in [-0.39, 0.29) is 11.5 Å². The Labute approximate surface area is 147 Å². The van der Waals surface area contributed by atoms with Gasteiger partial charge in [-0.3, -0.25) is 4.79 Å². The molecule has 0 saturated heterocycles. The van der Waals surface area contributed by atoms with Gasteiger partial charge in [-0.05, 0) is 98.7 Å². The highest BCUT2D eigenvalue weighted by Crippen LogP contribution is 2.70. The Kier molecular flexibility index (Phi) is 3.78. The van der Waals surface area contributed by atoms with Crippen molar-refractivity contribution in [1.29, 1.82) is 0 Å². The number of carbonyl (C=O) groups excluding carboxylic acids is 1. The molecule has 0 unspecified atom stereocenters. The molecule has 0 amide bonds. The lowest BCUT2D eigenvalue weighted by Crippen LogP contribution is -2.58. The minimum Gasteiger partial charge on any atom is -0.393 e. The van der Waals surface area contributed by atoms with E-state index in [4.69, 9.17) is 0 Å². The fourth-order valence-electron chi connectivity index (χ4n) is 7.96. The standard InChI is InChI=1S/C22H36O2/c1-14(23)15-7-12-22(4)18-9-11-21(3)17(5-6-19(21)24)16(18)8-10-20(22,2)13-15/h15-19,24H,5-13H2,1-4H3/t15-,16-,17-,18-,19-,20-,21-,22+/m0/s1. The molecule has 24 heavy (non-hydrogen) atoms. The molecule has 1 N–H and O–H groups in total. The zero-order valence-corrected chi connectivity index (χ0v) is 16.1. The Morgan fingerprint density at radius 2 is 1.67 bits per heavy atom. The highest BCUT2D eigenvalue weighted by atomic mass is 16.3. The van der Waals surface area contributed by atoms with Gasteiger partial charge in [-0.15, -0.1) is 0 Å². The fraction of sp³-hybridized carbons (Fsp3) is 0.955. The van der Waals surface area contributed by atoms with Gasteiger partial charge in [0, 0.05) is 5.92 Å². The molecule has 4 aliphatic carbocycles. The molecule has 0 radical (unpaired) electrons. The van der Waals surface area contributed by atoms with Crippen molar-refractivity contribution >= 4 is 5.78 Å². The summed E-state index contributed by atoms with van der Waals surface area (Å²) < 4.78 is 0. The minimum absolute atomic E-state index is 0.0713. The molecule has 0 aromatic rings. The molecule has 0 spiro atoms. The van der Waals surface area contributed by atoms with Crippen LogP contribution in [0.25, 0.3) is 0 Å². The number of ketones is 1. The van der Waals surface area contributed by atoms with Crippen LogP contribution in [0.4, 0.5) is 0 Å². The summed E-state index contributed by atoms with van der Waals surface area (Å²) in [6.07, 6.45) is 10.8. The number of aliphatic hydroxyl groups excluding tert-OH is 1. The molecule has 0 aromatic carbocycles. The van der Waals surface area contributed by atoms with Gasteiger partial charge in [0.05, 0.1) is 6.10 Å². The van der Waals surface area contributed by atoms with Crippen molar-refractivity contribution in [2.75, 3.05) is 0 Å². The normalized spacial score (nSPS) is 57.0. The topological polar surface area (TPSA) is 37.3 Å². The van der Waals surface area contributed by atoms with Gasteiger partial charge < -0.3 is 5.11 Å². The van der Waals surface area contributed by atoms with Crippen LogP contribution in [0.3, 0.4) is 0 Å². The maximum Gasteiger partial charge on any atom is 0.132 e. The second kappa shape index (κ2) is 5.32. The number of Topliss-reactive ketones (excluding diaryl/α,β-unsaturated/α-hetero) is 1. The summed E-state index contributed by atoms with van der Waals surface area (Å²) in [6, 6.07) is 0. The highest BCUT2D eigenvalue weighted by molar-refractivity contribution is 5.78. The molecular formula is C22H36O2. The van der Waals surface area contributed by atoms with Crippen molar-refractivity contribution in [3.05, 3.63) is 0 Å². The molecule has 4 saturated carbocycles. The van der Waals surface area contributed by atoms with E-state index in [2.05, 4.69) is 20.8 Å². The second-order valence-corrected chi connectivity index (χ2v) is 10.6. The van der Waals surface area contributed by atoms with Gasteiger partial charge in [-0.1, -0.05) is 20.8 Å². The highest BCUT2D eigenvalue weighted by Gasteiger charge is 2.63. The molecule has 2 heteroatoms. The van der Waals surface area contributed by atoms with Crippen LogP contribution in [0.15, 0.2) is 0 Å². The van der Waals surface area contributed by atoms with Gasteiger partial charge >= 0.3 is 0 Å². The van der Waals surface area contributed by atoms with Crippen LogP contribution < -0.4 is 0 Å². The Bertz CT molecular complexity index is 542. The summed E-state index contributed by atoms with van der Waals surface area (Å²) in [7, 11) is 0. The number of hydrogen-bond acceptors (Lipinski definition) is 2. The fourth-order valence-corrected chi connectivity index (χ4v) is 7.96. The number of aliphatic hydroxyl groups is 1. The zero-order chi connectivity index (χ0) is 17.3. The third-order valence-corrected chi connectivity index (χ3v) is 9.90. The van der Waals surface area contributed by atoms with Gasteiger partial charge in [-0.25, -0.2) is 0 Å². The molecular weight excluding hydrogens is 296 g/mol. The quantitative estimate of drug-likeness (QED) is 0.735. The summed E-state index contributed by atoms with van der Waals surface area (Å²) in [5.74, 6) is 3.08. The van der Waals surface area contributed by atoms with Gasteiger partial charge in [0.15, 0.2) is 0 Å². The summed E-state index contributed by atoms with van der Waals surface area (Å²) in [5.41, 5.74) is 0.923. The molecule has 0 aliphatic heterocycles. The van der Waals surface area contributed by atoms with Crippen molar-refractivity contribution in [2.45, 2.75) is 91.6 Å². The Balaban J connectivity index is 1.64. The lowest BCUT2D eigenvalue weighted by Gasteiger charge is -2.65. The van der Waals surface area contributed by atoms with Crippen molar-refractivity contribution in [3.63, 3.8) is 0 Å². The van der Waals surface area contributed by atoms with Gasteiger partial charge in [0.2, 0.25) is 0 Å². The van der Waals surface area contributed by atoms with Gasteiger partial charge in [-0.2, -0.15) is 0 Å². The predicted octanol–water partition coefficient (Wildman–Crippen LogP) is 4.99. The van der Waals surface area contributed by atoms with E-state index in [0.29, 0.717) is 22.5 Å². The van der Waals surface area contributed by atoms with Crippen LogP contribution >= 0.6 is 0 Å². The van der Waals surface area contributed by atoms with E-state index >= 15 is 0 Å². The van der Waals surface area contributed by atoms with E-state index in [1.165, 1.54) is 38.5 Å². The Morgan fingerprint density at radius 3 is 2.38 bits per heavy atom. The molecule has 8 atom stereocenters. The second-order valence-electron chi connectivity index (χ2n) is 10.6. The maximum absolute atomic E-state index is 12.0. The SMILES string of the molecule is CC(=O)[C@H]1CC[C@]2(C)[C@H]3CC[C@]4(C)[C@@H](O)CC[C@H]4[C@@H]3CC[C@@]2(C)C1. The van der Waals surface area contributed by atoms with Crippen molar-refractivity contribution in [1.82, 2.24) is 0 Å². The van der Waals surface area contributed by atoms with Gasteiger partial charge in [0.1, 0.15) is 5.78 Å². The number of fused-ring (bicyclic) bond motifs is 5. The van der Waals surface area contributed by atoms with Crippen molar-refractivity contribution in [2.24, 2.45) is 39.9 Å². The largest absolute Gasteiger partial charge is 0.393 e. The van der Waals surface area contributed by atoms with E-state index in [1.807, 2.05) is 0 Å². The monoisotopic (exact) mass is 332 g/mol. The average molecular weight is 333 g/mol. The van der Waals surface area contributed by atoms with Crippen LogP contribution in [0.2, 0.25) is 0 Å². The molecule has 136 valence electrons. The maximum atomic E-state index is 12.0. The van der Waals surface area contributed by atoms with Crippen LogP contribution in [0.5, 0.6) is 0 Å². The van der Waals surface area contributed by atoms with E-state index in [0.717, 1.165) is 37.0 Å². The lowest BCUT2D eigenvalue weighted by molar-refractivity contribution is -0.168. The third-order valence-electron chi connectivity index (χ3n) is 9.90. The van der Waals surface area contributed by atoms with Crippen molar-refractivity contribution < 1.29 is 9.90 Å². The molecule has 0 bridgehead atoms. The van der Waals surface area contributed by atoms with Crippen LogP contribution in [-0.2, 0) is 4.79 Å². The van der Waals surface area contributed by atoms with Crippen molar-refractivity contribution in [3.8, 4) is 0 Å². The first-order valence-electron chi connectivity index (χ1n) is 10.4. The zero-order valence-electron chi connectivity index (χ0n) is 16.1. The van der Waals surface area contributed by atoms with E-state index in [9.17, 15) is 9.90 Å². The Hall–Kier alpha value is -0.370. The summed E-state index contributed by atoms with van der Waals surface area (Å²) >= 11 is 0. The van der Waals surface area contributed by atoms with E-state index in [1.54, 1.807) is 6.92 Å². The first kappa shape index (κ1) is 17.1. The smallest absolute Gasteiger partial charge is 0.132 e. The van der Waals surface area contributed by atoms with Gasteiger partial charge in [0.25, 0.3) is 0 Å². The average Bonchev–Trinajstić information content (AvgIpc) is 2.83. The van der Waals surface area contributed by atoms with Crippen LogP contribution in [0.1, 0.15) is 85.5 Å².